The summed E-state index contributed by atoms with van der Waals surface area (Å²) in [5.74, 6) is 0.537. The second kappa shape index (κ2) is 5.99. The number of carbonyl (C=O) groups is 1. The molecule has 0 spiro atoms. The van der Waals surface area contributed by atoms with Gasteiger partial charge in [0.15, 0.2) is 0 Å². The van der Waals surface area contributed by atoms with E-state index in [1.807, 2.05) is 0 Å². The summed E-state index contributed by atoms with van der Waals surface area (Å²) < 4.78 is 28.6. The van der Waals surface area contributed by atoms with Crippen molar-refractivity contribution in [1.82, 2.24) is 4.90 Å². The van der Waals surface area contributed by atoms with E-state index in [4.69, 9.17) is 0 Å². The summed E-state index contributed by atoms with van der Waals surface area (Å²) in [6, 6.07) is 5.96. The van der Waals surface area contributed by atoms with Crippen LogP contribution < -0.4 is 4.74 Å². The molecule has 1 aliphatic heterocycles. The van der Waals surface area contributed by atoms with Crippen LogP contribution in [0.3, 0.4) is 0 Å². The minimum absolute atomic E-state index is 0.0197. The van der Waals surface area contributed by atoms with E-state index in [9.17, 15) is 13.6 Å². The van der Waals surface area contributed by atoms with Crippen molar-refractivity contribution in [2.45, 2.75) is 26.4 Å². The Kier molecular flexibility index (Phi) is 4.35. The Morgan fingerprint density at radius 2 is 2.05 bits per heavy atom. The van der Waals surface area contributed by atoms with Gasteiger partial charge in [-0.05, 0) is 37.0 Å². The summed E-state index contributed by atoms with van der Waals surface area (Å²) >= 11 is 0. The zero-order chi connectivity index (χ0) is 13.8. The third-order valence-corrected chi connectivity index (χ3v) is 3.38. The van der Waals surface area contributed by atoms with Crippen molar-refractivity contribution in [1.29, 1.82) is 0 Å². The van der Waals surface area contributed by atoms with Crippen molar-refractivity contribution in [3.05, 3.63) is 29.8 Å². The molecule has 1 aliphatic rings. The van der Waals surface area contributed by atoms with Crippen molar-refractivity contribution < 1.29 is 18.3 Å². The predicted octanol–water partition coefficient (Wildman–Crippen LogP) is 3.16. The summed E-state index contributed by atoms with van der Waals surface area (Å²) in [6.07, 6.45) is 1.97. The maximum atomic E-state index is 12.2. The van der Waals surface area contributed by atoms with Gasteiger partial charge in [-0.25, -0.2) is 0 Å². The predicted molar refractivity (Wildman–Crippen MR) is 67.4 cm³/mol. The maximum Gasteiger partial charge on any atom is 0.387 e. The lowest BCUT2D eigenvalue weighted by atomic mass is 9.98. The number of carbonyl (C=O) groups excluding carboxylic acids is 1. The minimum Gasteiger partial charge on any atom is -0.435 e. The molecule has 1 heterocycles. The standard InChI is InChI=1S/C14H17F2NO2/c1-10-5-7-17(8-6-10)13(18)11-3-2-4-12(9-11)19-14(15)16/h2-4,9-10,14H,5-8H2,1H3. The van der Waals surface area contributed by atoms with Crippen molar-refractivity contribution in [2.75, 3.05) is 13.1 Å². The van der Waals surface area contributed by atoms with Gasteiger partial charge in [-0.3, -0.25) is 4.79 Å². The van der Waals surface area contributed by atoms with Gasteiger partial charge < -0.3 is 9.64 Å². The molecule has 1 aromatic carbocycles. The van der Waals surface area contributed by atoms with Crippen LogP contribution in [0.2, 0.25) is 0 Å². The molecule has 0 atom stereocenters. The van der Waals surface area contributed by atoms with Gasteiger partial charge in [-0.15, -0.1) is 0 Å². The molecule has 0 bridgehead atoms. The average molecular weight is 269 g/mol. The molecule has 1 fully saturated rings. The monoisotopic (exact) mass is 269 g/mol. The smallest absolute Gasteiger partial charge is 0.387 e. The first-order valence-electron chi connectivity index (χ1n) is 6.40. The molecule has 2 rings (SSSR count). The normalized spacial score (nSPS) is 16.7. The van der Waals surface area contributed by atoms with E-state index in [1.54, 1.807) is 17.0 Å². The minimum atomic E-state index is -2.87. The highest BCUT2D eigenvalue weighted by Crippen LogP contribution is 2.21. The van der Waals surface area contributed by atoms with Crippen LogP contribution in [0.25, 0.3) is 0 Å². The Labute approximate surface area is 111 Å². The van der Waals surface area contributed by atoms with E-state index in [-0.39, 0.29) is 11.7 Å². The summed E-state index contributed by atoms with van der Waals surface area (Å²) in [5.41, 5.74) is 0.396. The first-order valence-corrected chi connectivity index (χ1v) is 6.40. The molecule has 0 aliphatic carbocycles. The lowest BCUT2D eigenvalue weighted by molar-refractivity contribution is -0.0499. The van der Waals surface area contributed by atoms with Crippen molar-refractivity contribution in [3.8, 4) is 5.75 Å². The molecule has 104 valence electrons. The van der Waals surface area contributed by atoms with Crippen LogP contribution in [0, 0.1) is 5.92 Å². The Morgan fingerprint density at radius 3 is 2.68 bits per heavy atom. The van der Waals surface area contributed by atoms with Gasteiger partial charge in [0, 0.05) is 18.7 Å². The van der Waals surface area contributed by atoms with Crippen molar-refractivity contribution in [3.63, 3.8) is 0 Å². The fourth-order valence-corrected chi connectivity index (χ4v) is 2.20. The van der Waals surface area contributed by atoms with Gasteiger partial charge in [-0.1, -0.05) is 13.0 Å². The second-order valence-corrected chi connectivity index (χ2v) is 4.88. The van der Waals surface area contributed by atoms with Gasteiger partial charge in [0.05, 0.1) is 0 Å². The number of piperidine rings is 1. The average Bonchev–Trinajstić information content (AvgIpc) is 2.38. The third kappa shape index (κ3) is 3.66. The number of hydrogen-bond acceptors (Lipinski definition) is 2. The number of halogens is 2. The van der Waals surface area contributed by atoms with E-state index < -0.39 is 6.61 Å². The number of alkyl halides is 2. The number of hydrogen-bond donors (Lipinski definition) is 0. The zero-order valence-corrected chi connectivity index (χ0v) is 10.8. The third-order valence-electron chi connectivity index (χ3n) is 3.38. The molecule has 3 nitrogen and oxygen atoms in total. The fraction of sp³-hybridized carbons (Fsp3) is 0.500. The number of rotatable bonds is 3. The van der Waals surface area contributed by atoms with Gasteiger partial charge in [0.2, 0.25) is 0 Å². The highest BCUT2D eigenvalue weighted by atomic mass is 19.3. The number of benzene rings is 1. The highest BCUT2D eigenvalue weighted by molar-refractivity contribution is 5.94. The summed E-state index contributed by atoms with van der Waals surface area (Å²) in [7, 11) is 0. The fourth-order valence-electron chi connectivity index (χ4n) is 2.20. The molecule has 5 heteroatoms. The second-order valence-electron chi connectivity index (χ2n) is 4.88. The maximum absolute atomic E-state index is 12.2. The zero-order valence-electron chi connectivity index (χ0n) is 10.8. The Morgan fingerprint density at radius 1 is 1.37 bits per heavy atom. The van der Waals surface area contributed by atoms with E-state index in [2.05, 4.69) is 11.7 Å². The van der Waals surface area contributed by atoms with Crippen LogP contribution in [-0.2, 0) is 0 Å². The molecular weight excluding hydrogens is 252 g/mol. The van der Waals surface area contributed by atoms with Crippen LogP contribution >= 0.6 is 0 Å². The number of nitrogens with zero attached hydrogens (tertiary/aromatic N) is 1. The molecule has 1 amide bonds. The molecule has 0 radical (unpaired) electrons. The SMILES string of the molecule is CC1CCN(C(=O)c2cccc(OC(F)F)c2)CC1. The van der Waals surface area contributed by atoms with Gasteiger partial charge in [-0.2, -0.15) is 8.78 Å². The quantitative estimate of drug-likeness (QED) is 0.843. The Balaban J connectivity index is 2.06. The first-order chi connectivity index (χ1) is 9.06. The topological polar surface area (TPSA) is 29.5 Å². The number of likely N-dealkylation sites (tertiary alicyclic amines) is 1. The summed E-state index contributed by atoms with van der Waals surface area (Å²) in [6.45, 7) is 0.736. The van der Waals surface area contributed by atoms with Gasteiger partial charge in [0.25, 0.3) is 5.91 Å². The van der Waals surface area contributed by atoms with Crippen LogP contribution in [0.15, 0.2) is 24.3 Å². The van der Waals surface area contributed by atoms with E-state index in [0.29, 0.717) is 11.5 Å². The summed E-state index contributed by atoms with van der Waals surface area (Å²) in [5, 5.41) is 0. The number of amides is 1. The molecule has 0 saturated carbocycles. The summed E-state index contributed by atoms with van der Waals surface area (Å²) in [4.78, 5) is 14.0. The molecule has 0 unspecified atom stereocenters. The van der Waals surface area contributed by atoms with Crippen LogP contribution in [0.1, 0.15) is 30.1 Å². The van der Waals surface area contributed by atoms with E-state index in [0.717, 1.165) is 25.9 Å². The van der Waals surface area contributed by atoms with Crippen molar-refractivity contribution in [2.24, 2.45) is 5.92 Å². The molecule has 1 aromatic rings. The van der Waals surface area contributed by atoms with Gasteiger partial charge in [0.1, 0.15) is 5.75 Å². The van der Waals surface area contributed by atoms with E-state index in [1.165, 1.54) is 12.1 Å². The van der Waals surface area contributed by atoms with Crippen LogP contribution in [0.5, 0.6) is 5.75 Å². The number of ether oxygens (including phenoxy) is 1. The molecule has 1 saturated heterocycles. The Bertz CT molecular complexity index is 443. The molecule has 0 aromatic heterocycles. The van der Waals surface area contributed by atoms with Gasteiger partial charge >= 0.3 is 6.61 Å². The van der Waals surface area contributed by atoms with Crippen molar-refractivity contribution >= 4 is 5.91 Å². The lowest BCUT2D eigenvalue weighted by Gasteiger charge is -2.30. The van der Waals surface area contributed by atoms with Crippen LogP contribution in [0.4, 0.5) is 8.78 Å². The Hall–Kier alpha value is -1.65. The first kappa shape index (κ1) is 13.8. The van der Waals surface area contributed by atoms with Crippen LogP contribution in [-0.4, -0.2) is 30.5 Å². The highest BCUT2D eigenvalue weighted by Gasteiger charge is 2.21. The largest absolute Gasteiger partial charge is 0.435 e. The molecule has 19 heavy (non-hydrogen) atoms. The molecule has 0 N–H and O–H groups in total. The molecular formula is C14H17F2NO2. The lowest BCUT2D eigenvalue weighted by Crippen LogP contribution is -2.37. The van der Waals surface area contributed by atoms with E-state index >= 15 is 0 Å².